The van der Waals surface area contributed by atoms with E-state index in [2.05, 4.69) is 16.5 Å². The van der Waals surface area contributed by atoms with Crippen molar-refractivity contribution in [2.45, 2.75) is 37.2 Å². The minimum Gasteiger partial charge on any atom is -0.326 e. The van der Waals surface area contributed by atoms with Crippen molar-refractivity contribution in [3.05, 3.63) is 29.8 Å². The van der Waals surface area contributed by atoms with Gasteiger partial charge in [0, 0.05) is 19.1 Å². The van der Waals surface area contributed by atoms with Gasteiger partial charge in [-0.15, -0.1) is 0 Å². The summed E-state index contributed by atoms with van der Waals surface area (Å²) in [4.78, 5) is 2.61. The van der Waals surface area contributed by atoms with Gasteiger partial charge in [-0.25, -0.2) is 13.1 Å². The van der Waals surface area contributed by atoms with Crippen molar-refractivity contribution in [2.75, 3.05) is 19.6 Å². The Kier molecular flexibility index (Phi) is 5.15. The van der Waals surface area contributed by atoms with Crippen molar-refractivity contribution >= 4 is 10.0 Å². The van der Waals surface area contributed by atoms with Crippen LogP contribution < -0.4 is 10.5 Å². The van der Waals surface area contributed by atoms with E-state index in [1.807, 2.05) is 0 Å². The van der Waals surface area contributed by atoms with Crippen LogP contribution >= 0.6 is 0 Å². The lowest BCUT2D eigenvalue weighted by Crippen LogP contribution is -2.40. The number of hydrogen-bond acceptors (Lipinski definition) is 4. The molecule has 5 nitrogen and oxygen atoms in total. The van der Waals surface area contributed by atoms with E-state index in [4.69, 9.17) is 5.73 Å². The molecule has 0 saturated carbocycles. The molecule has 1 aliphatic rings. The average molecular weight is 297 g/mol. The molecule has 0 spiro atoms. The number of nitrogens with two attached hydrogens (primary N) is 1. The molecule has 3 N–H and O–H groups in total. The molecule has 0 aliphatic carbocycles. The van der Waals surface area contributed by atoms with Gasteiger partial charge in [-0.05, 0) is 50.6 Å². The second kappa shape index (κ2) is 6.67. The third-order valence-electron chi connectivity index (χ3n) is 3.80. The number of hydrogen-bond donors (Lipinski definition) is 2. The largest absolute Gasteiger partial charge is 0.326 e. The van der Waals surface area contributed by atoms with Crippen LogP contribution in [0.4, 0.5) is 0 Å². The second-order valence-corrected chi connectivity index (χ2v) is 7.06. The molecule has 0 aromatic heterocycles. The Bertz CT molecular complexity index is 522. The van der Waals surface area contributed by atoms with Crippen LogP contribution in [0.15, 0.2) is 29.2 Å². The molecule has 1 aromatic rings. The van der Waals surface area contributed by atoms with Crippen LogP contribution in [0.3, 0.4) is 0 Å². The van der Waals surface area contributed by atoms with Gasteiger partial charge < -0.3 is 5.73 Å². The van der Waals surface area contributed by atoms with Gasteiger partial charge in [-0.2, -0.15) is 0 Å². The molecule has 112 valence electrons. The molecular formula is C14H23N3O2S. The van der Waals surface area contributed by atoms with Crippen LogP contribution in [0.1, 0.15) is 25.3 Å². The van der Waals surface area contributed by atoms with Crippen LogP contribution in [0, 0.1) is 0 Å². The van der Waals surface area contributed by atoms with E-state index in [9.17, 15) is 8.42 Å². The summed E-state index contributed by atoms with van der Waals surface area (Å²) >= 11 is 0. The maximum absolute atomic E-state index is 12.2. The molecular weight excluding hydrogens is 274 g/mol. The standard InChI is InChI=1S/C14H23N3O2S/c1-12(17-8-2-3-9-17)11-16-20(18,19)14-6-4-13(10-15)5-7-14/h4-7,12,16H,2-3,8-11,15H2,1H3. The van der Waals surface area contributed by atoms with E-state index in [1.165, 1.54) is 12.8 Å². The topological polar surface area (TPSA) is 75.4 Å². The second-order valence-electron chi connectivity index (χ2n) is 5.29. The third kappa shape index (κ3) is 3.79. The molecule has 1 aromatic carbocycles. The Balaban J connectivity index is 1.95. The molecule has 0 amide bonds. The number of likely N-dealkylation sites (tertiary alicyclic amines) is 1. The van der Waals surface area contributed by atoms with Crippen molar-refractivity contribution in [2.24, 2.45) is 5.73 Å². The SMILES string of the molecule is CC(CNS(=O)(=O)c1ccc(CN)cc1)N1CCCC1. The zero-order valence-corrected chi connectivity index (χ0v) is 12.7. The first kappa shape index (κ1) is 15.4. The first-order valence-electron chi connectivity index (χ1n) is 7.05. The lowest BCUT2D eigenvalue weighted by atomic mass is 10.2. The van der Waals surface area contributed by atoms with E-state index in [-0.39, 0.29) is 6.04 Å². The molecule has 0 radical (unpaired) electrons. The fourth-order valence-corrected chi connectivity index (χ4v) is 3.55. The molecule has 2 rings (SSSR count). The van der Waals surface area contributed by atoms with E-state index in [0.717, 1.165) is 18.7 Å². The zero-order chi connectivity index (χ0) is 14.6. The van der Waals surface area contributed by atoms with Crippen LogP contribution in [0.2, 0.25) is 0 Å². The lowest BCUT2D eigenvalue weighted by molar-refractivity contribution is 0.260. The van der Waals surface area contributed by atoms with Gasteiger partial charge in [0.05, 0.1) is 4.90 Å². The maximum Gasteiger partial charge on any atom is 0.240 e. The smallest absolute Gasteiger partial charge is 0.240 e. The van der Waals surface area contributed by atoms with Crippen molar-refractivity contribution in [1.82, 2.24) is 9.62 Å². The summed E-state index contributed by atoms with van der Waals surface area (Å²) < 4.78 is 27.1. The van der Waals surface area contributed by atoms with Gasteiger partial charge in [0.15, 0.2) is 0 Å². The van der Waals surface area contributed by atoms with Crippen LogP contribution in [0.25, 0.3) is 0 Å². The number of benzene rings is 1. The van der Waals surface area contributed by atoms with Gasteiger partial charge in [0.1, 0.15) is 0 Å². The maximum atomic E-state index is 12.2. The molecule has 20 heavy (non-hydrogen) atoms. The van der Waals surface area contributed by atoms with Crippen LogP contribution in [-0.2, 0) is 16.6 Å². The van der Waals surface area contributed by atoms with Crippen molar-refractivity contribution in [3.63, 3.8) is 0 Å². The lowest BCUT2D eigenvalue weighted by Gasteiger charge is -2.23. The van der Waals surface area contributed by atoms with Gasteiger partial charge in [0.2, 0.25) is 10.0 Å². The molecule has 1 aliphatic heterocycles. The molecule has 1 atom stereocenters. The monoisotopic (exact) mass is 297 g/mol. The molecule has 1 fully saturated rings. The van der Waals surface area contributed by atoms with Gasteiger partial charge in [-0.3, -0.25) is 4.90 Å². The highest BCUT2D eigenvalue weighted by atomic mass is 32.2. The third-order valence-corrected chi connectivity index (χ3v) is 5.24. The Labute approximate surface area is 121 Å². The van der Waals surface area contributed by atoms with E-state index < -0.39 is 10.0 Å². The fraction of sp³-hybridized carbons (Fsp3) is 0.571. The predicted octanol–water partition coefficient (Wildman–Crippen LogP) is 0.908. The first-order valence-corrected chi connectivity index (χ1v) is 8.54. The number of sulfonamides is 1. The van der Waals surface area contributed by atoms with E-state index in [1.54, 1.807) is 24.3 Å². The van der Waals surface area contributed by atoms with Gasteiger partial charge in [-0.1, -0.05) is 12.1 Å². The summed E-state index contributed by atoms with van der Waals surface area (Å²) in [6.45, 7) is 5.05. The molecule has 1 unspecified atom stereocenters. The minimum atomic E-state index is -3.43. The highest BCUT2D eigenvalue weighted by molar-refractivity contribution is 7.89. The number of rotatable bonds is 6. The Morgan fingerprint density at radius 3 is 2.40 bits per heavy atom. The van der Waals surface area contributed by atoms with E-state index in [0.29, 0.717) is 18.0 Å². The average Bonchev–Trinajstić information content (AvgIpc) is 2.99. The summed E-state index contributed by atoms with van der Waals surface area (Å²) in [7, 11) is -3.43. The van der Waals surface area contributed by atoms with Crippen molar-refractivity contribution in [3.8, 4) is 0 Å². The quantitative estimate of drug-likeness (QED) is 0.818. The van der Waals surface area contributed by atoms with Crippen LogP contribution in [-0.4, -0.2) is 39.0 Å². The highest BCUT2D eigenvalue weighted by Gasteiger charge is 2.20. The molecule has 6 heteroatoms. The summed E-state index contributed by atoms with van der Waals surface area (Å²) in [5, 5.41) is 0. The summed E-state index contributed by atoms with van der Waals surface area (Å²) in [5.74, 6) is 0. The summed E-state index contributed by atoms with van der Waals surface area (Å²) in [6, 6.07) is 6.93. The zero-order valence-electron chi connectivity index (χ0n) is 11.9. The van der Waals surface area contributed by atoms with Crippen molar-refractivity contribution < 1.29 is 8.42 Å². The van der Waals surface area contributed by atoms with Crippen LogP contribution in [0.5, 0.6) is 0 Å². The van der Waals surface area contributed by atoms with Crippen molar-refractivity contribution in [1.29, 1.82) is 0 Å². The highest BCUT2D eigenvalue weighted by Crippen LogP contribution is 2.13. The molecule has 1 saturated heterocycles. The van der Waals surface area contributed by atoms with Gasteiger partial charge in [0.25, 0.3) is 0 Å². The Hall–Kier alpha value is -0.950. The summed E-state index contributed by atoms with van der Waals surface area (Å²) in [5.41, 5.74) is 6.43. The number of nitrogens with one attached hydrogen (secondary N) is 1. The van der Waals surface area contributed by atoms with E-state index >= 15 is 0 Å². The fourth-order valence-electron chi connectivity index (χ4n) is 2.43. The minimum absolute atomic E-state index is 0.232. The Morgan fingerprint density at radius 2 is 1.85 bits per heavy atom. The number of nitrogens with zero attached hydrogens (tertiary/aromatic N) is 1. The van der Waals surface area contributed by atoms with Gasteiger partial charge >= 0.3 is 0 Å². The molecule has 0 bridgehead atoms. The normalized spacial score (nSPS) is 18.3. The predicted molar refractivity (Wildman–Crippen MR) is 79.8 cm³/mol. The molecule has 1 heterocycles. The Morgan fingerprint density at radius 1 is 1.25 bits per heavy atom. The summed E-state index contributed by atoms with van der Waals surface area (Å²) in [6.07, 6.45) is 2.41. The first-order chi connectivity index (χ1) is 9.53.